The van der Waals surface area contributed by atoms with Gasteiger partial charge in [-0.15, -0.1) is 0 Å². The quantitative estimate of drug-likeness (QED) is 0.737. The molecule has 0 amide bonds. The molecule has 0 saturated heterocycles. The van der Waals surface area contributed by atoms with Gasteiger partial charge >= 0.3 is 6.18 Å². The molecule has 126 valence electrons. The molecule has 0 aromatic heterocycles. The zero-order valence-electron chi connectivity index (χ0n) is 10.9. The third-order valence-corrected chi connectivity index (χ3v) is 4.88. The van der Waals surface area contributed by atoms with Crippen molar-refractivity contribution in [3.63, 3.8) is 0 Å². The second-order valence-electron chi connectivity index (χ2n) is 4.20. The number of sulfonamides is 1. The Balaban J connectivity index is 3.33. The van der Waals surface area contributed by atoms with Gasteiger partial charge in [0.2, 0.25) is 10.0 Å². The van der Waals surface area contributed by atoms with Gasteiger partial charge in [-0.05, 0) is 18.6 Å². The number of hydrogen-bond acceptors (Lipinski definition) is 2. The standard InChI is InChI=1S/C11H10BrF6NO2S/c1-2-7(11(16,17)18)19-22(20,21)6-4-3-5(12)8(9(6)13)10(14)15/h3-4,7,10,19H,2H2,1H3. The first kappa shape index (κ1) is 19.2. The van der Waals surface area contributed by atoms with E-state index in [2.05, 4.69) is 15.9 Å². The lowest BCUT2D eigenvalue weighted by Crippen LogP contribution is -2.45. The van der Waals surface area contributed by atoms with Crippen LogP contribution in [0.2, 0.25) is 0 Å². The van der Waals surface area contributed by atoms with Crippen LogP contribution in [0.1, 0.15) is 25.3 Å². The molecule has 1 atom stereocenters. The molecular weight excluding hydrogens is 404 g/mol. The first-order chi connectivity index (χ1) is 9.91. The van der Waals surface area contributed by atoms with Crippen LogP contribution in [-0.2, 0) is 10.0 Å². The van der Waals surface area contributed by atoms with E-state index in [9.17, 15) is 34.8 Å². The highest BCUT2D eigenvalue weighted by atomic mass is 79.9. The Morgan fingerprint density at radius 2 is 1.82 bits per heavy atom. The van der Waals surface area contributed by atoms with Crippen molar-refractivity contribution in [1.82, 2.24) is 4.72 Å². The Morgan fingerprint density at radius 1 is 1.27 bits per heavy atom. The summed E-state index contributed by atoms with van der Waals surface area (Å²) in [6, 6.07) is -1.01. The van der Waals surface area contributed by atoms with Crippen molar-refractivity contribution in [3.05, 3.63) is 28.0 Å². The zero-order chi connectivity index (χ0) is 17.3. The molecule has 0 aliphatic rings. The highest BCUT2D eigenvalue weighted by Crippen LogP contribution is 2.33. The van der Waals surface area contributed by atoms with Crippen LogP contribution in [0.5, 0.6) is 0 Å². The Morgan fingerprint density at radius 3 is 2.23 bits per heavy atom. The smallest absolute Gasteiger partial charge is 0.207 e. The molecule has 1 unspecified atom stereocenters. The molecule has 0 aliphatic carbocycles. The lowest BCUT2D eigenvalue weighted by molar-refractivity contribution is -0.151. The molecule has 0 spiro atoms. The fourth-order valence-corrected chi connectivity index (χ4v) is 3.46. The highest BCUT2D eigenvalue weighted by Gasteiger charge is 2.41. The van der Waals surface area contributed by atoms with Crippen LogP contribution in [0, 0.1) is 5.82 Å². The van der Waals surface area contributed by atoms with Crippen LogP contribution in [0.4, 0.5) is 26.3 Å². The molecule has 22 heavy (non-hydrogen) atoms. The molecule has 0 fully saturated rings. The maximum Gasteiger partial charge on any atom is 0.404 e. The van der Waals surface area contributed by atoms with E-state index in [-0.39, 0.29) is 4.47 Å². The van der Waals surface area contributed by atoms with Gasteiger partial charge in [-0.2, -0.15) is 17.9 Å². The average Bonchev–Trinajstić information content (AvgIpc) is 2.33. The second-order valence-corrected chi connectivity index (χ2v) is 6.73. The van der Waals surface area contributed by atoms with E-state index in [0.717, 1.165) is 13.0 Å². The summed E-state index contributed by atoms with van der Waals surface area (Å²) in [7, 11) is -4.96. The SMILES string of the molecule is CCC(NS(=O)(=O)c1ccc(Br)c(C(F)F)c1F)C(F)(F)F. The Hall–Kier alpha value is -0.810. The number of alkyl halides is 5. The van der Waals surface area contributed by atoms with E-state index >= 15 is 0 Å². The molecule has 0 aliphatic heterocycles. The van der Waals surface area contributed by atoms with Gasteiger partial charge in [0, 0.05) is 4.47 Å². The van der Waals surface area contributed by atoms with E-state index < -0.39 is 51.4 Å². The zero-order valence-corrected chi connectivity index (χ0v) is 13.3. The van der Waals surface area contributed by atoms with Crippen LogP contribution < -0.4 is 4.72 Å². The molecule has 1 rings (SSSR count). The van der Waals surface area contributed by atoms with E-state index in [1.165, 1.54) is 4.72 Å². The van der Waals surface area contributed by atoms with Crippen molar-refractivity contribution < 1.29 is 34.8 Å². The summed E-state index contributed by atoms with van der Waals surface area (Å²) in [4.78, 5) is -1.27. The van der Waals surface area contributed by atoms with E-state index in [4.69, 9.17) is 0 Å². The predicted octanol–water partition coefficient (Wildman–Crippen LogP) is 4.15. The van der Waals surface area contributed by atoms with Crippen molar-refractivity contribution in [2.24, 2.45) is 0 Å². The first-order valence-electron chi connectivity index (χ1n) is 5.76. The van der Waals surface area contributed by atoms with Crippen molar-refractivity contribution in [2.75, 3.05) is 0 Å². The van der Waals surface area contributed by atoms with Crippen LogP contribution in [0.3, 0.4) is 0 Å². The summed E-state index contributed by atoms with van der Waals surface area (Å²) < 4.78 is 102. The minimum absolute atomic E-state index is 0.387. The average molecular weight is 414 g/mol. The predicted molar refractivity (Wildman–Crippen MR) is 69.5 cm³/mol. The number of nitrogens with one attached hydrogen (secondary N) is 1. The van der Waals surface area contributed by atoms with Gasteiger partial charge in [0.25, 0.3) is 6.43 Å². The van der Waals surface area contributed by atoms with Crippen molar-refractivity contribution in [3.8, 4) is 0 Å². The molecule has 0 saturated carbocycles. The molecule has 1 N–H and O–H groups in total. The van der Waals surface area contributed by atoms with Crippen LogP contribution in [0.15, 0.2) is 21.5 Å². The summed E-state index contributed by atoms with van der Waals surface area (Å²) >= 11 is 2.63. The van der Waals surface area contributed by atoms with Gasteiger partial charge in [-0.1, -0.05) is 22.9 Å². The van der Waals surface area contributed by atoms with Gasteiger partial charge in [-0.25, -0.2) is 21.6 Å². The van der Waals surface area contributed by atoms with Gasteiger partial charge in [0.15, 0.2) is 5.82 Å². The van der Waals surface area contributed by atoms with Crippen LogP contribution >= 0.6 is 15.9 Å². The molecule has 11 heteroatoms. The topological polar surface area (TPSA) is 46.2 Å². The number of hydrogen-bond donors (Lipinski definition) is 1. The Kier molecular flexibility index (Phi) is 5.90. The summed E-state index contributed by atoms with van der Waals surface area (Å²) in [5.41, 5.74) is -1.23. The van der Waals surface area contributed by atoms with E-state index in [1.54, 1.807) is 0 Å². The van der Waals surface area contributed by atoms with Gasteiger partial charge in [-0.3, -0.25) is 0 Å². The monoisotopic (exact) mass is 413 g/mol. The van der Waals surface area contributed by atoms with E-state index in [0.29, 0.717) is 6.07 Å². The molecule has 0 heterocycles. The van der Waals surface area contributed by atoms with Crippen LogP contribution in [-0.4, -0.2) is 20.6 Å². The fraction of sp³-hybridized carbons (Fsp3) is 0.455. The summed E-state index contributed by atoms with van der Waals surface area (Å²) in [6.07, 6.45) is -8.86. The molecular formula is C11H10BrF6NO2S. The van der Waals surface area contributed by atoms with Crippen molar-refractivity contribution in [1.29, 1.82) is 0 Å². The van der Waals surface area contributed by atoms with E-state index in [1.807, 2.05) is 0 Å². The Bertz CT molecular complexity index is 647. The van der Waals surface area contributed by atoms with Gasteiger partial charge in [0.05, 0.1) is 5.56 Å². The highest BCUT2D eigenvalue weighted by molar-refractivity contribution is 9.10. The summed E-state index contributed by atoms with van der Waals surface area (Å²) in [6.45, 7) is 1.07. The van der Waals surface area contributed by atoms with Crippen LogP contribution in [0.25, 0.3) is 0 Å². The number of rotatable bonds is 5. The lowest BCUT2D eigenvalue weighted by Gasteiger charge is -2.20. The molecule has 0 bridgehead atoms. The van der Waals surface area contributed by atoms with Crippen molar-refractivity contribution >= 4 is 26.0 Å². The summed E-state index contributed by atoms with van der Waals surface area (Å²) in [5, 5.41) is 0. The number of benzene rings is 1. The molecule has 1 aromatic carbocycles. The lowest BCUT2D eigenvalue weighted by atomic mass is 10.2. The molecule has 3 nitrogen and oxygen atoms in total. The second kappa shape index (κ2) is 6.75. The third kappa shape index (κ3) is 4.13. The van der Waals surface area contributed by atoms with Crippen molar-refractivity contribution in [2.45, 2.75) is 36.9 Å². The molecule has 0 radical (unpaired) electrons. The minimum atomic E-state index is -4.96. The van der Waals surface area contributed by atoms with Gasteiger partial charge in [0.1, 0.15) is 10.9 Å². The largest absolute Gasteiger partial charge is 0.404 e. The third-order valence-electron chi connectivity index (χ3n) is 2.70. The Labute approximate surface area is 130 Å². The maximum atomic E-state index is 13.9. The minimum Gasteiger partial charge on any atom is -0.207 e. The van der Waals surface area contributed by atoms with Gasteiger partial charge < -0.3 is 0 Å². The molecule has 1 aromatic rings. The normalized spacial score (nSPS) is 14.4. The first-order valence-corrected chi connectivity index (χ1v) is 8.04. The fourth-order valence-electron chi connectivity index (χ4n) is 1.59. The maximum absolute atomic E-state index is 13.9. The number of halogens is 7. The summed E-state index contributed by atoms with van der Waals surface area (Å²) in [5.74, 6) is -1.80.